The fourth-order valence-electron chi connectivity index (χ4n) is 0.992. The van der Waals surface area contributed by atoms with E-state index in [1.165, 1.54) is 6.42 Å². The molecule has 62 valence electrons. The lowest BCUT2D eigenvalue weighted by atomic mass is 10.2. The van der Waals surface area contributed by atoms with Crippen LogP contribution in [0.1, 0.15) is 26.7 Å². The molecule has 0 aromatic rings. The molecule has 0 aliphatic heterocycles. The van der Waals surface area contributed by atoms with Crippen molar-refractivity contribution < 1.29 is 0 Å². The van der Waals surface area contributed by atoms with Crippen LogP contribution < -0.4 is 5.73 Å². The third-order valence-corrected chi connectivity index (χ3v) is 1.75. The van der Waals surface area contributed by atoms with Crippen molar-refractivity contribution in [2.24, 2.45) is 5.73 Å². The van der Waals surface area contributed by atoms with Gasteiger partial charge in [-0.2, -0.15) is 0 Å². The van der Waals surface area contributed by atoms with E-state index < -0.39 is 0 Å². The summed E-state index contributed by atoms with van der Waals surface area (Å²) >= 11 is 0. The van der Waals surface area contributed by atoms with Crippen LogP contribution in [0.3, 0.4) is 0 Å². The number of hydrogen-bond donors (Lipinski definition) is 1. The van der Waals surface area contributed by atoms with Gasteiger partial charge in [-0.25, -0.2) is 0 Å². The van der Waals surface area contributed by atoms with Crippen LogP contribution in [-0.4, -0.2) is 31.1 Å². The summed E-state index contributed by atoms with van der Waals surface area (Å²) in [6.07, 6.45) is 2.34. The second-order valence-corrected chi connectivity index (χ2v) is 2.90. The van der Waals surface area contributed by atoms with Gasteiger partial charge in [-0.05, 0) is 20.0 Å². The van der Waals surface area contributed by atoms with Crippen LogP contribution in [0.4, 0.5) is 0 Å². The zero-order chi connectivity index (χ0) is 7.98. The average molecular weight is 144 g/mol. The zero-order valence-corrected chi connectivity index (χ0v) is 7.43. The standard InChI is InChI=1S/C8H20N2/c1-4-6-8(9)7-10(3)5-2/h8H,4-7,9H2,1-3H3/t8-/m1/s1. The monoisotopic (exact) mass is 144 g/mol. The summed E-state index contributed by atoms with van der Waals surface area (Å²) < 4.78 is 0. The third-order valence-electron chi connectivity index (χ3n) is 1.75. The topological polar surface area (TPSA) is 29.3 Å². The van der Waals surface area contributed by atoms with Crippen molar-refractivity contribution >= 4 is 0 Å². The number of nitrogens with zero attached hydrogens (tertiary/aromatic N) is 1. The normalized spacial score (nSPS) is 14.1. The molecule has 2 N–H and O–H groups in total. The maximum absolute atomic E-state index is 5.82. The van der Waals surface area contributed by atoms with Gasteiger partial charge in [0.2, 0.25) is 0 Å². The Bertz CT molecular complexity index is 73.7. The second-order valence-electron chi connectivity index (χ2n) is 2.90. The van der Waals surface area contributed by atoms with Crippen molar-refractivity contribution in [2.75, 3.05) is 20.1 Å². The summed E-state index contributed by atoms with van der Waals surface area (Å²) in [6.45, 7) is 6.45. The van der Waals surface area contributed by atoms with Gasteiger partial charge < -0.3 is 10.6 Å². The van der Waals surface area contributed by atoms with Crippen LogP contribution in [0.15, 0.2) is 0 Å². The maximum Gasteiger partial charge on any atom is 0.0167 e. The molecule has 0 saturated heterocycles. The minimum absolute atomic E-state index is 0.370. The van der Waals surface area contributed by atoms with Gasteiger partial charge in [-0.3, -0.25) is 0 Å². The molecule has 2 heteroatoms. The molecule has 0 saturated carbocycles. The van der Waals surface area contributed by atoms with Crippen LogP contribution in [0.2, 0.25) is 0 Å². The Morgan fingerprint density at radius 2 is 2.00 bits per heavy atom. The Balaban J connectivity index is 3.27. The summed E-state index contributed by atoms with van der Waals surface area (Å²) in [4.78, 5) is 2.25. The lowest BCUT2D eigenvalue weighted by Gasteiger charge is -2.18. The first-order valence-electron chi connectivity index (χ1n) is 4.14. The molecular formula is C8H20N2. The third kappa shape index (κ3) is 4.77. The van der Waals surface area contributed by atoms with Crippen molar-refractivity contribution in [3.63, 3.8) is 0 Å². The highest BCUT2D eigenvalue weighted by molar-refractivity contribution is 4.63. The summed E-state index contributed by atoms with van der Waals surface area (Å²) in [6, 6.07) is 0.370. The SMILES string of the molecule is CCC[C@@H](N)CN(C)CC. The van der Waals surface area contributed by atoms with Crippen molar-refractivity contribution in [3.05, 3.63) is 0 Å². The van der Waals surface area contributed by atoms with Crippen LogP contribution in [0.25, 0.3) is 0 Å². The quantitative estimate of drug-likeness (QED) is 0.625. The largest absolute Gasteiger partial charge is 0.327 e. The van der Waals surface area contributed by atoms with E-state index in [-0.39, 0.29) is 0 Å². The van der Waals surface area contributed by atoms with Crippen molar-refractivity contribution in [1.82, 2.24) is 4.90 Å². The Labute approximate surface area is 64.4 Å². The molecular weight excluding hydrogens is 124 g/mol. The van der Waals surface area contributed by atoms with Gasteiger partial charge in [0.15, 0.2) is 0 Å². The predicted molar refractivity (Wildman–Crippen MR) is 46.1 cm³/mol. The van der Waals surface area contributed by atoms with Gasteiger partial charge >= 0.3 is 0 Å². The van der Waals surface area contributed by atoms with Crippen molar-refractivity contribution in [3.8, 4) is 0 Å². The second kappa shape index (κ2) is 5.69. The summed E-state index contributed by atoms with van der Waals surface area (Å²) in [5.74, 6) is 0. The first-order chi connectivity index (χ1) is 4.70. The van der Waals surface area contributed by atoms with E-state index in [2.05, 4.69) is 25.8 Å². The molecule has 1 atom stereocenters. The molecule has 0 aliphatic rings. The average Bonchev–Trinajstić information content (AvgIpc) is 1.88. The van der Waals surface area contributed by atoms with E-state index in [0.717, 1.165) is 19.5 Å². The van der Waals surface area contributed by atoms with Gasteiger partial charge in [0.1, 0.15) is 0 Å². The number of likely N-dealkylation sites (N-methyl/N-ethyl adjacent to an activating group) is 1. The van der Waals surface area contributed by atoms with E-state index in [1.807, 2.05) is 0 Å². The Morgan fingerprint density at radius 1 is 1.40 bits per heavy atom. The molecule has 10 heavy (non-hydrogen) atoms. The highest BCUT2D eigenvalue weighted by Crippen LogP contribution is 1.94. The summed E-state index contributed by atoms with van der Waals surface area (Å²) in [5, 5.41) is 0. The number of nitrogens with two attached hydrogens (primary N) is 1. The molecule has 0 aliphatic carbocycles. The molecule has 0 spiro atoms. The zero-order valence-electron chi connectivity index (χ0n) is 7.43. The molecule has 0 fully saturated rings. The van der Waals surface area contributed by atoms with Gasteiger partial charge in [-0.1, -0.05) is 20.3 Å². The van der Waals surface area contributed by atoms with Gasteiger partial charge in [0.25, 0.3) is 0 Å². The molecule has 0 aromatic heterocycles. The van der Waals surface area contributed by atoms with Crippen molar-refractivity contribution in [2.45, 2.75) is 32.7 Å². The number of rotatable bonds is 5. The molecule has 0 aromatic carbocycles. The lowest BCUT2D eigenvalue weighted by Crippen LogP contribution is -2.34. The molecule has 0 bridgehead atoms. The van der Waals surface area contributed by atoms with Crippen LogP contribution in [-0.2, 0) is 0 Å². The first-order valence-corrected chi connectivity index (χ1v) is 4.14. The van der Waals surface area contributed by atoms with Gasteiger partial charge in [0.05, 0.1) is 0 Å². The van der Waals surface area contributed by atoms with E-state index >= 15 is 0 Å². The van der Waals surface area contributed by atoms with E-state index in [0.29, 0.717) is 6.04 Å². The molecule has 2 nitrogen and oxygen atoms in total. The van der Waals surface area contributed by atoms with Crippen molar-refractivity contribution in [1.29, 1.82) is 0 Å². The van der Waals surface area contributed by atoms with Crippen LogP contribution in [0, 0.1) is 0 Å². The number of hydrogen-bond acceptors (Lipinski definition) is 2. The molecule has 0 unspecified atom stereocenters. The van der Waals surface area contributed by atoms with E-state index in [4.69, 9.17) is 5.73 Å². The smallest absolute Gasteiger partial charge is 0.0167 e. The highest BCUT2D eigenvalue weighted by atomic mass is 15.1. The van der Waals surface area contributed by atoms with Crippen LogP contribution in [0.5, 0.6) is 0 Å². The van der Waals surface area contributed by atoms with Gasteiger partial charge in [-0.15, -0.1) is 0 Å². The van der Waals surface area contributed by atoms with Crippen LogP contribution >= 0.6 is 0 Å². The summed E-state index contributed by atoms with van der Waals surface area (Å²) in [7, 11) is 2.11. The highest BCUT2D eigenvalue weighted by Gasteiger charge is 2.02. The maximum atomic E-state index is 5.82. The Morgan fingerprint density at radius 3 is 2.40 bits per heavy atom. The molecule has 0 rings (SSSR count). The minimum atomic E-state index is 0.370. The van der Waals surface area contributed by atoms with Gasteiger partial charge in [0, 0.05) is 12.6 Å². The minimum Gasteiger partial charge on any atom is -0.327 e. The Hall–Kier alpha value is -0.0800. The Kier molecular flexibility index (Phi) is 5.64. The molecule has 0 radical (unpaired) electrons. The van der Waals surface area contributed by atoms with E-state index in [9.17, 15) is 0 Å². The molecule has 0 amide bonds. The predicted octanol–water partition coefficient (Wildman–Crippen LogP) is 1.07. The first kappa shape index (κ1) is 9.92. The summed E-state index contributed by atoms with van der Waals surface area (Å²) in [5.41, 5.74) is 5.82. The fraction of sp³-hybridized carbons (Fsp3) is 1.00. The fourth-order valence-corrected chi connectivity index (χ4v) is 0.992. The lowest BCUT2D eigenvalue weighted by molar-refractivity contribution is 0.319. The van der Waals surface area contributed by atoms with E-state index in [1.54, 1.807) is 0 Å². The molecule has 0 heterocycles.